The van der Waals surface area contributed by atoms with E-state index in [1.807, 2.05) is 0 Å². The van der Waals surface area contributed by atoms with Gasteiger partial charge in [0, 0.05) is 16.2 Å². The molecular weight excluding hydrogens is 544 g/mol. The molecule has 1 heteroatoms. The summed E-state index contributed by atoms with van der Waals surface area (Å²) < 4.78 is 6.77. The van der Waals surface area contributed by atoms with Crippen LogP contribution < -0.4 is 0 Å². The van der Waals surface area contributed by atoms with Crippen molar-refractivity contribution < 1.29 is 4.42 Å². The third kappa shape index (κ3) is 3.44. The monoisotopic (exact) mass is 570 g/mol. The summed E-state index contributed by atoms with van der Waals surface area (Å²) in [6.07, 6.45) is 0. The van der Waals surface area contributed by atoms with Crippen LogP contribution in [0, 0.1) is 0 Å². The molecular formula is C44H26O. The predicted molar refractivity (Wildman–Crippen MR) is 192 cm³/mol. The Kier molecular flexibility index (Phi) is 5.06. The molecule has 1 heterocycles. The second-order valence-electron chi connectivity index (χ2n) is 12.0. The lowest BCUT2D eigenvalue weighted by molar-refractivity contribution is 0.673. The van der Waals surface area contributed by atoms with Gasteiger partial charge in [-0.1, -0.05) is 140 Å². The summed E-state index contributed by atoms with van der Waals surface area (Å²) in [7, 11) is 0. The molecule has 208 valence electrons. The number of benzene rings is 9. The lowest BCUT2D eigenvalue weighted by Crippen LogP contribution is -1.90. The molecule has 0 amide bonds. The molecule has 10 aromatic rings. The number of rotatable bonds is 2. The Balaban J connectivity index is 1.31. The van der Waals surface area contributed by atoms with Crippen molar-refractivity contribution in [3.63, 3.8) is 0 Å². The molecule has 0 fully saturated rings. The third-order valence-electron chi connectivity index (χ3n) is 9.63. The topological polar surface area (TPSA) is 13.1 Å². The summed E-state index contributed by atoms with van der Waals surface area (Å²) in [5.74, 6) is 0. The van der Waals surface area contributed by atoms with Crippen LogP contribution in [0.15, 0.2) is 162 Å². The van der Waals surface area contributed by atoms with Crippen LogP contribution in [0.5, 0.6) is 0 Å². The van der Waals surface area contributed by atoms with Gasteiger partial charge in [-0.15, -0.1) is 0 Å². The van der Waals surface area contributed by atoms with Crippen molar-refractivity contribution in [1.82, 2.24) is 0 Å². The van der Waals surface area contributed by atoms with Crippen LogP contribution in [0.1, 0.15) is 0 Å². The molecule has 0 atom stereocenters. The standard InChI is InChI=1S/C44H26O/c1-2-12-27(13-3-1)41-33-18-8-10-20-35(33)42(36-21-11-9-19-34(36)41)28-22-25-40-39(26-28)38-24-23-37-31-16-5-4-14-29(31)30-15-6-7-17-32(30)43(37)44(38)45-40/h1-26H. The van der Waals surface area contributed by atoms with Crippen LogP contribution in [-0.2, 0) is 0 Å². The van der Waals surface area contributed by atoms with E-state index in [2.05, 4.69) is 158 Å². The van der Waals surface area contributed by atoms with Gasteiger partial charge >= 0.3 is 0 Å². The number of furan rings is 1. The largest absolute Gasteiger partial charge is 0.455 e. The molecule has 0 unspecified atom stereocenters. The van der Waals surface area contributed by atoms with Gasteiger partial charge in [-0.3, -0.25) is 0 Å². The Morgan fingerprint density at radius 1 is 0.289 bits per heavy atom. The Labute approximate surface area is 259 Å². The lowest BCUT2D eigenvalue weighted by atomic mass is 9.86. The van der Waals surface area contributed by atoms with E-state index in [1.165, 1.54) is 76.1 Å². The van der Waals surface area contributed by atoms with Crippen LogP contribution in [0.25, 0.3) is 98.1 Å². The summed E-state index contributed by atoms with van der Waals surface area (Å²) in [6, 6.07) is 57.2. The molecule has 0 saturated heterocycles. The number of hydrogen-bond donors (Lipinski definition) is 0. The van der Waals surface area contributed by atoms with Crippen molar-refractivity contribution in [2.45, 2.75) is 0 Å². The van der Waals surface area contributed by atoms with Crippen LogP contribution in [-0.4, -0.2) is 0 Å². The molecule has 0 bridgehead atoms. The highest BCUT2D eigenvalue weighted by atomic mass is 16.3. The molecule has 9 aromatic carbocycles. The van der Waals surface area contributed by atoms with Crippen molar-refractivity contribution >= 4 is 75.8 Å². The minimum absolute atomic E-state index is 0.910. The first kappa shape index (κ1) is 24.5. The second-order valence-corrected chi connectivity index (χ2v) is 12.0. The molecule has 0 aliphatic carbocycles. The van der Waals surface area contributed by atoms with Gasteiger partial charge in [0.15, 0.2) is 0 Å². The van der Waals surface area contributed by atoms with Crippen molar-refractivity contribution in [1.29, 1.82) is 0 Å². The van der Waals surface area contributed by atoms with Crippen LogP contribution in [0.3, 0.4) is 0 Å². The molecule has 0 saturated carbocycles. The maximum atomic E-state index is 6.77. The summed E-state index contributed by atoms with van der Waals surface area (Å²) in [4.78, 5) is 0. The van der Waals surface area contributed by atoms with Gasteiger partial charge in [-0.05, 0) is 88.9 Å². The van der Waals surface area contributed by atoms with Gasteiger partial charge in [0.05, 0.1) is 0 Å². The third-order valence-corrected chi connectivity index (χ3v) is 9.63. The van der Waals surface area contributed by atoms with E-state index in [0.29, 0.717) is 0 Å². The van der Waals surface area contributed by atoms with E-state index in [0.717, 1.165) is 21.9 Å². The zero-order valence-corrected chi connectivity index (χ0v) is 24.4. The molecule has 0 spiro atoms. The fourth-order valence-electron chi connectivity index (χ4n) is 7.73. The van der Waals surface area contributed by atoms with Crippen LogP contribution in [0.4, 0.5) is 0 Å². The highest BCUT2D eigenvalue weighted by molar-refractivity contribution is 6.32. The Bertz CT molecular complexity index is 2710. The van der Waals surface area contributed by atoms with E-state index >= 15 is 0 Å². The van der Waals surface area contributed by atoms with E-state index in [1.54, 1.807) is 0 Å². The second kappa shape index (κ2) is 9.29. The zero-order valence-electron chi connectivity index (χ0n) is 24.4. The fourth-order valence-corrected chi connectivity index (χ4v) is 7.73. The molecule has 0 radical (unpaired) electrons. The molecule has 45 heavy (non-hydrogen) atoms. The van der Waals surface area contributed by atoms with E-state index in [9.17, 15) is 0 Å². The highest BCUT2D eigenvalue weighted by Crippen LogP contribution is 2.46. The summed E-state index contributed by atoms with van der Waals surface area (Å²) in [6.45, 7) is 0. The minimum Gasteiger partial charge on any atom is -0.455 e. The van der Waals surface area contributed by atoms with Gasteiger partial charge in [-0.25, -0.2) is 0 Å². The quantitative estimate of drug-likeness (QED) is 0.149. The Morgan fingerprint density at radius 2 is 0.733 bits per heavy atom. The van der Waals surface area contributed by atoms with Gasteiger partial charge in [-0.2, -0.15) is 0 Å². The van der Waals surface area contributed by atoms with Crippen molar-refractivity contribution in [2.75, 3.05) is 0 Å². The van der Waals surface area contributed by atoms with Gasteiger partial charge < -0.3 is 4.42 Å². The molecule has 0 N–H and O–H groups in total. The Hall–Kier alpha value is -5.92. The lowest BCUT2D eigenvalue weighted by Gasteiger charge is -2.17. The zero-order chi connectivity index (χ0) is 29.5. The van der Waals surface area contributed by atoms with Gasteiger partial charge in [0.1, 0.15) is 11.2 Å². The first-order valence-electron chi connectivity index (χ1n) is 15.5. The first-order chi connectivity index (χ1) is 22.3. The van der Waals surface area contributed by atoms with E-state index in [4.69, 9.17) is 4.42 Å². The van der Waals surface area contributed by atoms with Crippen molar-refractivity contribution in [2.24, 2.45) is 0 Å². The summed E-state index contributed by atoms with van der Waals surface area (Å²) in [5, 5.41) is 14.7. The summed E-state index contributed by atoms with van der Waals surface area (Å²) >= 11 is 0. The fraction of sp³-hybridized carbons (Fsp3) is 0. The van der Waals surface area contributed by atoms with E-state index in [-0.39, 0.29) is 0 Å². The highest BCUT2D eigenvalue weighted by Gasteiger charge is 2.19. The van der Waals surface area contributed by atoms with Gasteiger partial charge in [0.2, 0.25) is 0 Å². The average Bonchev–Trinajstić information content (AvgIpc) is 3.49. The van der Waals surface area contributed by atoms with E-state index < -0.39 is 0 Å². The van der Waals surface area contributed by atoms with Crippen LogP contribution >= 0.6 is 0 Å². The molecule has 10 rings (SSSR count). The SMILES string of the molecule is c1ccc(-c2c3ccccc3c(-c3ccc4oc5c(ccc6c7ccccc7c7ccccc7c65)c4c3)c3ccccc23)cc1. The van der Waals surface area contributed by atoms with Gasteiger partial charge in [0.25, 0.3) is 0 Å². The normalized spacial score (nSPS) is 12.0. The van der Waals surface area contributed by atoms with Crippen molar-refractivity contribution in [3.8, 4) is 22.3 Å². The average molecular weight is 571 g/mol. The Morgan fingerprint density at radius 3 is 1.33 bits per heavy atom. The maximum absolute atomic E-state index is 6.77. The number of fused-ring (bicyclic) bond motifs is 12. The molecule has 0 aliphatic rings. The molecule has 1 aromatic heterocycles. The summed E-state index contributed by atoms with van der Waals surface area (Å²) in [5.41, 5.74) is 6.84. The molecule has 1 nitrogen and oxygen atoms in total. The maximum Gasteiger partial charge on any atom is 0.143 e. The first-order valence-corrected chi connectivity index (χ1v) is 15.5. The smallest absolute Gasteiger partial charge is 0.143 e. The van der Waals surface area contributed by atoms with Crippen LogP contribution in [0.2, 0.25) is 0 Å². The minimum atomic E-state index is 0.910. The van der Waals surface area contributed by atoms with Crippen molar-refractivity contribution in [3.05, 3.63) is 158 Å². The predicted octanol–water partition coefficient (Wildman–Crippen LogP) is 12.7. The molecule has 0 aliphatic heterocycles. The number of hydrogen-bond acceptors (Lipinski definition) is 1.